The summed E-state index contributed by atoms with van der Waals surface area (Å²) in [7, 11) is -3.45. The summed E-state index contributed by atoms with van der Waals surface area (Å²) in [6, 6.07) is 17.3. The molecular weight excluding hydrogens is 400 g/mol. The van der Waals surface area contributed by atoms with E-state index in [4.69, 9.17) is 4.74 Å². The second kappa shape index (κ2) is 10.7. The summed E-state index contributed by atoms with van der Waals surface area (Å²) in [5, 5.41) is 11.6. The van der Waals surface area contributed by atoms with Crippen LogP contribution in [0.3, 0.4) is 0 Å². The Bertz CT molecular complexity index is 923. The number of nitrogens with zero attached hydrogens (tertiary/aromatic N) is 2. The molecule has 30 heavy (non-hydrogen) atoms. The molecule has 1 fully saturated rings. The Morgan fingerprint density at radius 3 is 2.50 bits per heavy atom. The lowest BCUT2D eigenvalue weighted by Gasteiger charge is -2.34. The van der Waals surface area contributed by atoms with E-state index in [1.807, 2.05) is 54.6 Å². The molecule has 0 radical (unpaired) electrons. The number of benzene rings is 2. The van der Waals surface area contributed by atoms with E-state index < -0.39 is 16.1 Å². The first-order valence-corrected chi connectivity index (χ1v) is 11.8. The highest BCUT2D eigenvalue weighted by atomic mass is 32.2. The Hall–Kier alpha value is -2.19. The van der Waals surface area contributed by atoms with Gasteiger partial charge >= 0.3 is 0 Å². The number of ether oxygens (including phenoxy) is 1. The molecule has 3 rings (SSSR count). The summed E-state index contributed by atoms with van der Waals surface area (Å²) in [6.45, 7) is 4.75. The Morgan fingerprint density at radius 1 is 1.07 bits per heavy atom. The largest absolute Gasteiger partial charge is 0.491 e. The number of hydrogen-bond acceptors (Lipinski definition) is 5. The lowest BCUT2D eigenvalue weighted by Crippen LogP contribution is -2.50. The van der Waals surface area contributed by atoms with Crippen LogP contribution in [-0.4, -0.2) is 68.2 Å². The van der Waals surface area contributed by atoms with Crippen molar-refractivity contribution < 1.29 is 18.3 Å². The quantitative estimate of drug-likeness (QED) is 0.662. The summed E-state index contributed by atoms with van der Waals surface area (Å²) in [5.41, 5.74) is 2.05. The predicted octanol–water partition coefficient (Wildman–Crippen LogP) is 2.61. The van der Waals surface area contributed by atoms with Crippen LogP contribution in [0.4, 0.5) is 0 Å². The topological polar surface area (TPSA) is 70.1 Å². The molecule has 1 heterocycles. The highest BCUT2D eigenvalue weighted by molar-refractivity contribution is 7.92. The molecular formula is C23H30N2O4S. The van der Waals surface area contributed by atoms with E-state index in [2.05, 4.69) is 11.8 Å². The van der Waals surface area contributed by atoms with Crippen LogP contribution in [0.15, 0.2) is 60.0 Å². The van der Waals surface area contributed by atoms with Gasteiger partial charge in [-0.05, 0) is 35.8 Å². The molecule has 0 aromatic heterocycles. The molecule has 162 valence electrons. The number of sulfonamides is 1. The third-order valence-corrected chi connectivity index (χ3v) is 6.71. The Morgan fingerprint density at radius 2 is 1.80 bits per heavy atom. The highest BCUT2D eigenvalue weighted by Gasteiger charge is 2.26. The summed E-state index contributed by atoms with van der Waals surface area (Å²) < 4.78 is 32.3. The average Bonchev–Trinajstić information content (AvgIpc) is 2.77. The SMILES string of the molecule is CCc1cccc(OCC(O)CN2CCN(S(=O)(=O)/C=C/c3ccccc3)CC2)c1. The molecule has 0 bridgehead atoms. The average molecular weight is 431 g/mol. The molecule has 0 aliphatic carbocycles. The van der Waals surface area contributed by atoms with Gasteiger partial charge in [-0.1, -0.05) is 49.4 Å². The van der Waals surface area contributed by atoms with Crippen molar-refractivity contribution >= 4 is 16.1 Å². The van der Waals surface area contributed by atoms with Crippen molar-refractivity contribution in [3.8, 4) is 5.75 Å². The summed E-state index contributed by atoms with van der Waals surface area (Å²) >= 11 is 0. The van der Waals surface area contributed by atoms with Crippen molar-refractivity contribution in [2.24, 2.45) is 0 Å². The van der Waals surface area contributed by atoms with Crippen molar-refractivity contribution in [3.63, 3.8) is 0 Å². The zero-order chi connectivity index (χ0) is 21.4. The van der Waals surface area contributed by atoms with Gasteiger partial charge < -0.3 is 9.84 Å². The van der Waals surface area contributed by atoms with E-state index in [0.717, 1.165) is 17.7 Å². The van der Waals surface area contributed by atoms with Crippen LogP contribution < -0.4 is 4.74 Å². The molecule has 0 spiro atoms. The van der Waals surface area contributed by atoms with Crippen LogP contribution in [-0.2, 0) is 16.4 Å². The molecule has 1 aliphatic heterocycles. The number of hydrogen-bond donors (Lipinski definition) is 1. The highest BCUT2D eigenvalue weighted by Crippen LogP contribution is 2.15. The second-order valence-corrected chi connectivity index (χ2v) is 9.24. The first kappa shape index (κ1) is 22.5. The molecule has 2 aromatic carbocycles. The predicted molar refractivity (Wildman–Crippen MR) is 120 cm³/mol. The standard InChI is InChI=1S/C23H30N2O4S/c1-2-20-9-6-10-23(17-20)29-19-22(26)18-24-12-14-25(15-13-24)30(27,28)16-11-21-7-4-3-5-8-21/h3-11,16-17,22,26H,2,12-15,18-19H2,1H3/b16-11+. The van der Waals surface area contributed by atoms with Crippen LogP contribution >= 0.6 is 0 Å². The van der Waals surface area contributed by atoms with E-state index in [-0.39, 0.29) is 6.61 Å². The van der Waals surface area contributed by atoms with E-state index in [9.17, 15) is 13.5 Å². The van der Waals surface area contributed by atoms with Gasteiger partial charge in [-0.2, -0.15) is 4.31 Å². The molecule has 6 nitrogen and oxygen atoms in total. The summed E-state index contributed by atoms with van der Waals surface area (Å²) in [4.78, 5) is 2.07. The van der Waals surface area contributed by atoms with E-state index in [0.29, 0.717) is 32.7 Å². The number of aryl methyl sites for hydroxylation is 1. The molecule has 2 aromatic rings. The number of aliphatic hydroxyl groups excluding tert-OH is 1. The van der Waals surface area contributed by atoms with E-state index in [1.165, 1.54) is 15.3 Å². The van der Waals surface area contributed by atoms with Crippen LogP contribution in [0.2, 0.25) is 0 Å². The fourth-order valence-corrected chi connectivity index (χ4v) is 4.55. The number of aliphatic hydroxyl groups is 1. The van der Waals surface area contributed by atoms with Gasteiger partial charge in [0.25, 0.3) is 0 Å². The molecule has 7 heteroatoms. The zero-order valence-electron chi connectivity index (χ0n) is 17.4. The molecule has 1 saturated heterocycles. The molecule has 0 amide bonds. The monoisotopic (exact) mass is 430 g/mol. The number of β-amino-alcohol motifs (C(OH)–C–C–N with tert-alkyl or cyclic N) is 1. The Labute approximate surface area is 179 Å². The minimum Gasteiger partial charge on any atom is -0.491 e. The number of piperazine rings is 1. The van der Waals surface area contributed by atoms with Gasteiger partial charge in [-0.25, -0.2) is 8.42 Å². The van der Waals surface area contributed by atoms with Crippen LogP contribution in [0.25, 0.3) is 6.08 Å². The van der Waals surface area contributed by atoms with Crippen molar-refractivity contribution in [2.75, 3.05) is 39.3 Å². The van der Waals surface area contributed by atoms with Gasteiger partial charge in [0.2, 0.25) is 10.0 Å². The third-order valence-electron chi connectivity index (χ3n) is 5.14. The van der Waals surface area contributed by atoms with Gasteiger partial charge in [-0.15, -0.1) is 0 Å². The summed E-state index contributed by atoms with van der Waals surface area (Å²) in [5.74, 6) is 0.759. The smallest absolute Gasteiger partial charge is 0.236 e. The Balaban J connectivity index is 1.43. The molecule has 0 saturated carbocycles. The molecule has 1 unspecified atom stereocenters. The van der Waals surface area contributed by atoms with Gasteiger partial charge in [-0.3, -0.25) is 4.90 Å². The van der Waals surface area contributed by atoms with Gasteiger partial charge in [0, 0.05) is 38.1 Å². The van der Waals surface area contributed by atoms with Crippen molar-refractivity contribution in [1.29, 1.82) is 0 Å². The minimum atomic E-state index is -3.45. The molecule has 1 atom stereocenters. The lowest BCUT2D eigenvalue weighted by molar-refractivity contribution is 0.0570. The fraction of sp³-hybridized carbons (Fsp3) is 0.391. The van der Waals surface area contributed by atoms with Crippen molar-refractivity contribution in [1.82, 2.24) is 9.21 Å². The Kier molecular flexibility index (Phi) is 8.04. The van der Waals surface area contributed by atoms with Crippen LogP contribution in [0.5, 0.6) is 5.75 Å². The van der Waals surface area contributed by atoms with E-state index in [1.54, 1.807) is 6.08 Å². The zero-order valence-corrected chi connectivity index (χ0v) is 18.2. The van der Waals surface area contributed by atoms with Gasteiger partial charge in [0.05, 0.1) is 0 Å². The van der Waals surface area contributed by atoms with Gasteiger partial charge in [0.1, 0.15) is 18.5 Å². The third kappa shape index (κ3) is 6.67. The fourth-order valence-electron chi connectivity index (χ4n) is 3.38. The maximum Gasteiger partial charge on any atom is 0.236 e. The van der Waals surface area contributed by atoms with Crippen LogP contribution in [0, 0.1) is 0 Å². The molecule has 1 N–H and O–H groups in total. The molecule has 1 aliphatic rings. The summed E-state index contributed by atoms with van der Waals surface area (Å²) in [6.07, 6.45) is 1.93. The van der Waals surface area contributed by atoms with Gasteiger partial charge in [0.15, 0.2) is 0 Å². The second-order valence-electron chi connectivity index (χ2n) is 7.42. The maximum atomic E-state index is 12.6. The van der Waals surface area contributed by atoms with Crippen molar-refractivity contribution in [2.45, 2.75) is 19.4 Å². The lowest BCUT2D eigenvalue weighted by atomic mass is 10.2. The van der Waals surface area contributed by atoms with Crippen LogP contribution in [0.1, 0.15) is 18.1 Å². The van der Waals surface area contributed by atoms with E-state index >= 15 is 0 Å². The maximum absolute atomic E-state index is 12.6. The first-order chi connectivity index (χ1) is 14.5. The number of rotatable bonds is 9. The minimum absolute atomic E-state index is 0.214. The normalized spacial score (nSPS) is 17.3. The first-order valence-electron chi connectivity index (χ1n) is 10.3. The van der Waals surface area contributed by atoms with Crippen molar-refractivity contribution in [3.05, 3.63) is 71.1 Å².